The zero-order valence-corrected chi connectivity index (χ0v) is 11.0. The summed E-state index contributed by atoms with van der Waals surface area (Å²) in [4.78, 5) is 28.7. The molecule has 1 amide bonds. The molecule has 0 radical (unpaired) electrons. The lowest BCUT2D eigenvalue weighted by atomic mass is 10.1. The van der Waals surface area contributed by atoms with Crippen molar-refractivity contribution in [3.8, 4) is 0 Å². The molecule has 0 bridgehead atoms. The number of amides is 1. The first kappa shape index (κ1) is 13.8. The summed E-state index contributed by atoms with van der Waals surface area (Å²) in [5.74, 6) is -0.324. The highest BCUT2D eigenvalue weighted by Gasteiger charge is 2.30. The maximum absolute atomic E-state index is 12.4. The number of nitrogens with zero attached hydrogens (tertiary/aromatic N) is 1. The van der Waals surface area contributed by atoms with E-state index in [1.165, 1.54) is 12.3 Å². The minimum atomic E-state index is -0.385. The van der Waals surface area contributed by atoms with Gasteiger partial charge in [-0.05, 0) is 13.8 Å². The van der Waals surface area contributed by atoms with Crippen molar-refractivity contribution in [1.82, 2.24) is 9.88 Å². The van der Waals surface area contributed by atoms with Gasteiger partial charge in [-0.15, -0.1) is 0 Å². The van der Waals surface area contributed by atoms with Crippen molar-refractivity contribution in [2.45, 2.75) is 26.0 Å². The normalized spacial score (nSPS) is 23.4. The summed E-state index contributed by atoms with van der Waals surface area (Å²) in [6.45, 7) is 4.13. The van der Waals surface area contributed by atoms with Crippen molar-refractivity contribution in [2.24, 2.45) is 0 Å². The number of H-pyrrole nitrogens is 1. The number of aliphatic hydroxyl groups excluding tert-OH is 1. The predicted octanol–water partition coefficient (Wildman–Crippen LogP) is -0.0949. The molecular formula is C13H18N2O4. The zero-order chi connectivity index (χ0) is 14.0. The van der Waals surface area contributed by atoms with Crippen molar-refractivity contribution < 1.29 is 14.6 Å². The SMILES string of the molecule is Cc1cc(=O)c(C(=O)N2CC(CO)OCC2C)c[nH]1. The molecule has 1 aromatic rings. The molecule has 1 fully saturated rings. The zero-order valence-electron chi connectivity index (χ0n) is 11.0. The average molecular weight is 266 g/mol. The van der Waals surface area contributed by atoms with Gasteiger partial charge in [0, 0.05) is 24.5 Å². The van der Waals surface area contributed by atoms with Crippen LogP contribution in [0.2, 0.25) is 0 Å². The molecule has 6 heteroatoms. The molecule has 0 aliphatic carbocycles. The third kappa shape index (κ3) is 2.85. The van der Waals surface area contributed by atoms with E-state index in [9.17, 15) is 9.59 Å². The van der Waals surface area contributed by atoms with Gasteiger partial charge in [0.2, 0.25) is 0 Å². The van der Waals surface area contributed by atoms with Crippen molar-refractivity contribution in [3.63, 3.8) is 0 Å². The van der Waals surface area contributed by atoms with Crippen LogP contribution in [0.15, 0.2) is 17.1 Å². The summed E-state index contributed by atoms with van der Waals surface area (Å²) in [6, 6.07) is 1.29. The van der Waals surface area contributed by atoms with Gasteiger partial charge in [0.25, 0.3) is 5.91 Å². The summed E-state index contributed by atoms with van der Waals surface area (Å²) in [6.07, 6.45) is 1.06. The number of morpholine rings is 1. The van der Waals surface area contributed by atoms with E-state index < -0.39 is 0 Å². The van der Waals surface area contributed by atoms with Gasteiger partial charge in [-0.25, -0.2) is 0 Å². The first-order valence-corrected chi connectivity index (χ1v) is 6.25. The topological polar surface area (TPSA) is 82.6 Å². The quantitative estimate of drug-likeness (QED) is 0.783. The Bertz CT molecular complexity index is 526. The smallest absolute Gasteiger partial charge is 0.259 e. The van der Waals surface area contributed by atoms with Gasteiger partial charge in [0.15, 0.2) is 5.43 Å². The number of aliphatic hydroxyl groups is 1. The van der Waals surface area contributed by atoms with Crippen LogP contribution < -0.4 is 5.43 Å². The highest BCUT2D eigenvalue weighted by molar-refractivity contribution is 5.94. The number of carbonyl (C=O) groups is 1. The predicted molar refractivity (Wildman–Crippen MR) is 69.1 cm³/mol. The number of carbonyl (C=O) groups excluding carboxylic acids is 1. The molecule has 2 atom stereocenters. The number of nitrogens with one attached hydrogen (secondary N) is 1. The Balaban J connectivity index is 2.24. The Kier molecular flexibility index (Phi) is 4.01. The van der Waals surface area contributed by atoms with E-state index in [4.69, 9.17) is 9.84 Å². The molecule has 0 spiro atoms. The van der Waals surface area contributed by atoms with Crippen LogP contribution in [0.4, 0.5) is 0 Å². The molecule has 2 N–H and O–H groups in total. The van der Waals surface area contributed by atoms with Crippen molar-refractivity contribution in [3.05, 3.63) is 33.7 Å². The summed E-state index contributed by atoms with van der Waals surface area (Å²) in [5, 5.41) is 9.11. The van der Waals surface area contributed by atoms with Crippen LogP contribution in [0.1, 0.15) is 23.0 Å². The third-order valence-electron chi connectivity index (χ3n) is 3.26. The molecule has 6 nitrogen and oxygen atoms in total. The fraction of sp³-hybridized carbons (Fsp3) is 0.538. The third-order valence-corrected chi connectivity index (χ3v) is 3.26. The van der Waals surface area contributed by atoms with Gasteiger partial charge in [-0.2, -0.15) is 0 Å². The Hall–Kier alpha value is -1.66. The minimum absolute atomic E-state index is 0.115. The molecule has 1 saturated heterocycles. The second-order valence-electron chi connectivity index (χ2n) is 4.84. The second-order valence-corrected chi connectivity index (χ2v) is 4.84. The van der Waals surface area contributed by atoms with E-state index in [-0.39, 0.29) is 35.7 Å². The van der Waals surface area contributed by atoms with Gasteiger partial charge in [0.05, 0.1) is 25.4 Å². The van der Waals surface area contributed by atoms with Crippen molar-refractivity contribution in [1.29, 1.82) is 0 Å². The van der Waals surface area contributed by atoms with Crippen LogP contribution in [0, 0.1) is 6.92 Å². The van der Waals surface area contributed by atoms with Crippen LogP contribution in [-0.2, 0) is 4.74 Å². The van der Waals surface area contributed by atoms with Crippen LogP contribution in [-0.4, -0.2) is 52.8 Å². The van der Waals surface area contributed by atoms with Crippen LogP contribution in [0.25, 0.3) is 0 Å². The lowest BCUT2D eigenvalue weighted by molar-refractivity contribution is -0.0667. The maximum atomic E-state index is 12.4. The van der Waals surface area contributed by atoms with E-state index >= 15 is 0 Å². The molecule has 1 aliphatic heterocycles. The molecule has 104 valence electrons. The maximum Gasteiger partial charge on any atom is 0.259 e. The van der Waals surface area contributed by atoms with Crippen LogP contribution >= 0.6 is 0 Å². The molecule has 1 aliphatic rings. The Morgan fingerprint density at radius 2 is 2.37 bits per heavy atom. The van der Waals surface area contributed by atoms with E-state index in [2.05, 4.69) is 4.98 Å². The van der Waals surface area contributed by atoms with Crippen molar-refractivity contribution in [2.75, 3.05) is 19.8 Å². The fourth-order valence-electron chi connectivity index (χ4n) is 2.11. The Morgan fingerprint density at radius 3 is 3.00 bits per heavy atom. The van der Waals surface area contributed by atoms with Gasteiger partial charge < -0.3 is 19.7 Å². The molecule has 19 heavy (non-hydrogen) atoms. The number of rotatable bonds is 2. The Morgan fingerprint density at radius 1 is 1.63 bits per heavy atom. The fourth-order valence-corrected chi connectivity index (χ4v) is 2.11. The monoisotopic (exact) mass is 266 g/mol. The van der Waals surface area contributed by atoms with Crippen LogP contribution in [0.5, 0.6) is 0 Å². The summed E-state index contributed by atoms with van der Waals surface area (Å²) in [7, 11) is 0. The lowest BCUT2D eigenvalue weighted by Crippen LogP contribution is -2.52. The molecular weight excluding hydrogens is 248 g/mol. The molecule has 2 heterocycles. The van der Waals surface area contributed by atoms with E-state index in [0.29, 0.717) is 18.8 Å². The number of aromatic nitrogens is 1. The number of hydrogen-bond acceptors (Lipinski definition) is 4. The first-order chi connectivity index (χ1) is 9.02. The van der Waals surface area contributed by atoms with E-state index in [0.717, 1.165) is 0 Å². The average Bonchev–Trinajstić information content (AvgIpc) is 2.38. The van der Waals surface area contributed by atoms with E-state index in [1.807, 2.05) is 6.92 Å². The number of aromatic amines is 1. The molecule has 1 aromatic heterocycles. The number of ether oxygens (including phenoxy) is 1. The molecule has 2 unspecified atom stereocenters. The lowest BCUT2D eigenvalue weighted by Gasteiger charge is -2.37. The van der Waals surface area contributed by atoms with Gasteiger partial charge in [-0.3, -0.25) is 9.59 Å². The second kappa shape index (κ2) is 5.54. The number of pyridine rings is 1. The number of aryl methyl sites for hydroxylation is 1. The summed E-state index contributed by atoms with van der Waals surface area (Å²) < 4.78 is 5.38. The minimum Gasteiger partial charge on any atom is -0.394 e. The Labute approximate surface area is 111 Å². The standard InChI is InChI=1S/C13H18N2O4/c1-8-3-12(17)11(4-14-8)13(18)15-5-10(6-16)19-7-9(15)2/h3-4,9-10,16H,5-7H2,1-2H3,(H,14,17). The first-order valence-electron chi connectivity index (χ1n) is 6.25. The van der Waals surface area contributed by atoms with Crippen LogP contribution in [0.3, 0.4) is 0 Å². The van der Waals surface area contributed by atoms with Gasteiger partial charge >= 0.3 is 0 Å². The van der Waals surface area contributed by atoms with Gasteiger partial charge in [-0.1, -0.05) is 0 Å². The van der Waals surface area contributed by atoms with Crippen molar-refractivity contribution >= 4 is 5.91 Å². The largest absolute Gasteiger partial charge is 0.394 e. The molecule has 0 aromatic carbocycles. The summed E-state index contributed by atoms with van der Waals surface area (Å²) >= 11 is 0. The van der Waals surface area contributed by atoms with E-state index in [1.54, 1.807) is 11.8 Å². The summed E-state index contributed by atoms with van der Waals surface area (Å²) in [5.41, 5.74) is 0.543. The highest BCUT2D eigenvalue weighted by Crippen LogP contribution is 2.14. The molecule has 0 saturated carbocycles. The molecule has 2 rings (SSSR count). The van der Waals surface area contributed by atoms with Gasteiger partial charge in [0.1, 0.15) is 5.56 Å². The highest BCUT2D eigenvalue weighted by atomic mass is 16.5. The number of hydrogen-bond donors (Lipinski definition) is 2.